The molecule has 86 valence electrons. The van der Waals surface area contributed by atoms with Gasteiger partial charge in [0.25, 0.3) is 0 Å². The highest BCUT2D eigenvalue weighted by molar-refractivity contribution is 5.84. The molecule has 3 N–H and O–H groups in total. The molecule has 0 radical (unpaired) electrons. The van der Waals surface area contributed by atoms with Gasteiger partial charge in [-0.1, -0.05) is 0 Å². The summed E-state index contributed by atoms with van der Waals surface area (Å²) in [5.74, 6) is -0.241. The predicted octanol–water partition coefficient (Wildman–Crippen LogP) is 2.53. The predicted molar refractivity (Wildman–Crippen MR) is 52.9 cm³/mol. The molecule has 0 aliphatic carbocycles. The number of hydrogen-bond acceptors (Lipinski definition) is 2. The van der Waals surface area contributed by atoms with E-state index in [4.69, 9.17) is 5.73 Å². The Morgan fingerprint density at radius 3 is 2.69 bits per heavy atom. The lowest BCUT2D eigenvalue weighted by molar-refractivity contribution is -0.274. The maximum absolute atomic E-state index is 12.0. The lowest BCUT2D eigenvalue weighted by Gasteiger charge is -2.08. The molecule has 0 fully saturated rings. The second-order valence-corrected chi connectivity index (χ2v) is 3.27. The van der Waals surface area contributed by atoms with Gasteiger partial charge in [-0.05, 0) is 23.8 Å². The smallest absolute Gasteiger partial charge is 0.406 e. The molecule has 1 aromatic heterocycles. The largest absolute Gasteiger partial charge is 0.573 e. The lowest BCUT2D eigenvalue weighted by Crippen LogP contribution is -2.17. The SMILES string of the molecule is NCc1c[nH]c2ccc(OC(F)(F)F)cc12. The molecule has 0 spiro atoms. The van der Waals surface area contributed by atoms with Crippen LogP contribution in [0.25, 0.3) is 10.9 Å². The number of benzene rings is 1. The zero-order valence-electron chi connectivity index (χ0n) is 8.14. The number of nitrogens with one attached hydrogen (secondary N) is 1. The van der Waals surface area contributed by atoms with E-state index in [-0.39, 0.29) is 12.3 Å². The first-order chi connectivity index (χ1) is 7.49. The molecule has 16 heavy (non-hydrogen) atoms. The number of aromatic amines is 1. The lowest BCUT2D eigenvalue weighted by atomic mass is 10.2. The van der Waals surface area contributed by atoms with Crippen LogP contribution >= 0.6 is 0 Å². The highest BCUT2D eigenvalue weighted by Gasteiger charge is 2.31. The van der Waals surface area contributed by atoms with E-state index in [1.165, 1.54) is 18.2 Å². The minimum absolute atomic E-state index is 0.241. The zero-order valence-corrected chi connectivity index (χ0v) is 8.14. The van der Waals surface area contributed by atoms with Crippen molar-refractivity contribution in [2.45, 2.75) is 12.9 Å². The number of halogens is 3. The number of nitrogens with two attached hydrogens (primary N) is 1. The molecule has 0 atom stereocenters. The first kappa shape index (κ1) is 10.8. The van der Waals surface area contributed by atoms with Gasteiger partial charge in [0.2, 0.25) is 0 Å². The van der Waals surface area contributed by atoms with Crippen LogP contribution < -0.4 is 10.5 Å². The molecule has 3 nitrogen and oxygen atoms in total. The first-order valence-electron chi connectivity index (χ1n) is 4.55. The summed E-state index contributed by atoms with van der Waals surface area (Å²) in [5.41, 5.74) is 6.94. The standard InChI is InChI=1S/C10H9F3N2O/c11-10(12,13)16-7-1-2-9-8(3-7)6(4-14)5-15-9/h1-3,5,15H,4,14H2. The van der Waals surface area contributed by atoms with Gasteiger partial charge < -0.3 is 15.5 Å². The third-order valence-corrected chi connectivity index (χ3v) is 2.19. The number of aromatic nitrogens is 1. The molecular weight excluding hydrogens is 221 g/mol. The van der Waals surface area contributed by atoms with Crippen molar-refractivity contribution in [1.29, 1.82) is 0 Å². The van der Waals surface area contributed by atoms with E-state index in [1.807, 2.05) is 0 Å². The van der Waals surface area contributed by atoms with Crippen LogP contribution in [-0.4, -0.2) is 11.3 Å². The van der Waals surface area contributed by atoms with E-state index in [9.17, 15) is 13.2 Å². The van der Waals surface area contributed by atoms with Gasteiger partial charge in [-0.3, -0.25) is 0 Å². The number of hydrogen-bond donors (Lipinski definition) is 2. The van der Waals surface area contributed by atoms with Gasteiger partial charge >= 0.3 is 6.36 Å². The maximum atomic E-state index is 12.0. The van der Waals surface area contributed by atoms with E-state index in [2.05, 4.69) is 9.72 Å². The van der Waals surface area contributed by atoms with Crippen LogP contribution in [0.4, 0.5) is 13.2 Å². The molecule has 0 unspecified atom stereocenters. The second kappa shape index (κ2) is 3.71. The summed E-state index contributed by atoms with van der Waals surface area (Å²) in [6, 6.07) is 4.10. The quantitative estimate of drug-likeness (QED) is 0.832. The molecular formula is C10H9F3N2O. The van der Waals surface area contributed by atoms with Crippen molar-refractivity contribution in [2.24, 2.45) is 5.73 Å². The Kier molecular flexibility index (Phi) is 2.51. The van der Waals surface area contributed by atoms with Crippen molar-refractivity contribution >= 4 is 10.9 Å². The molecule has 2 aromatic rings. The third-order valence-electron chi connectivity index (χ3n) is 2.19. The summed E-state index contributed by atoms with van der Waals surface area (Å²) < 4.78 is 39.8. The fourth-order valence-corrected chi connectivity index (χ4v) is 1.52. The molecule has 0 amide bonds. The van der Waals surface area contributed by atoms with Crippen molar-refractivity contribution in [3.8, 4) is 5.75 Å². The summed E-state index contributed by atoms with van der Waals surface area (Å²) in [5, 5.41) is 0.643. The van der Waals surface area contributed by atoms with Crippen LogP contribution in [-0.2, 0) is 6.54 Å². The Hall–Kier alpha value is -1.69. The van der Waals surface area contributed by atoms with E-state index in [0.717, 1.165) is 11.1 Å². The highest BCUT2D eigenvalue weighted by Crippen LogP contribution is 2.27. The first-order valence-corrected chi connectivity index (χ1v) is 4.55. The van der Waals surface area contributed by atoms with Crippen LogP contribution in [0, 0.1) is 0 Å². The summed E-state index contributed by atoms with van der Waals surface area (Å²) in [6.07, 6.45) is -3.01. The Morgan fingerprint density at radius 2 is 2.06 bits per heavy atom. The fourth-order valence-electron chi connectivity index (χ4n) is 1.52. The van der Waals surface area contributed by atoms with Crippen LogP contribution in [0.5, 0.6) is 5.75 Å². The molecule has 0 bridgehead atoms. The number of rotatable bonds is 2. The minimum Gasteiger partial charge on any atom is -0.406 e. The minimum atomic E-state index is -4.67. The average Bonchev–Trinajstić information content (AvgIpc) is 2.57. The van der Waals surface area contributed by atoms with Gasteiger partial charge in [-0.25, -0.2) is 0 Å². The molecule has 0 aliphatic heterocycles. The van der Waals surface area contributed by atoms with Gasteiger partial charge in [0.15, 0.2) is 0 Å². The van der Waals surface area contributed by atoms with Gasteiger partial charge in [-0.15, -0.1) is 13.2 Å². The summed E-state index contributed by atoms with van der Waals surface area (Å²) in [7, 11) is 0. The second-order valence-electron chi connectivity index (χ2n) is 3.27. The average molecular weight is 230 g/mol. The molecule has 1 heterocycles. The van der Waals surface area contributed by atoms with Crippen molar-refractivity contribution < 1.29 is 17.9 Å². The van der Waals surface area contributed by atoms with E-state index in [0.29, 0.717) is 5.39 Å². The van der Waals surface area contributed by atoms with E-state index < -0.39 is 6.36 Å². The van der Waals surface area contributed by atoms with Crippen LogP contribution in [0.15, 0.2) is 24.4 Å². The number of alkyl halides is 3. The van der Waals surface area contributed by atoms with Gasteiger partial charge in [-0.2, -0.15) is 0 Å². The Bertz CT molecular complexity index is 504. The summed E-state index contributed by atoms with van der Waals surface area (Å²) in [4.78, 5) is 2.91. The highest BCUT2D eigenvalue weighted by atomic mass is 19.4. The fraction of sp³-hybridized carbons (Fsp3) is 0.200. The molecule has 2 rings (SSSR count). The van der Waals surface area contributed by atoms with Gasteiger partial charge in [0.1, 0.15) is 5.75 Å². The maximum Gasteiger partial charge on any atom is 0.573 e. The van der Waals surface area contributed by atoms with Gasteiger partial charge in [0.05, 0.1) is 0 Å². The molecule has 0 aliphatic rings. The number of H-pyrrole nitrogens is 1. The Morgan fingerprint density at radius 1 is 1.31 bits per heavy atom. The van der Waals surface area contributed by atoms with Crippen molar-refractivity contribution in [3.63, 3.8) is 0 Å². The monoisotopic (exact) mass is 230 g/mol. The Balaban J connectivity index is 2.42. The number of fused-ring (bicyclic) bond motifs is 1. The van der Waals surface area contributed by atoms with E-state index in [1.54, 1.807) is 6.20 Å². The Labute approximate surface area is 89.0 Å². The molecule has 0 saturated carbocycles. The van der Waals surface area contributed by atoms with Crippen LogP contribution in [0.3, 0.4) is 0 Å². The van der Waals surface area contributed by atoms with Crippen LogP contribution in [0.1, 0.15) is 5.56 Å². The van der Waals surface area contributed by atoms with Crippen molar-refractivity contribution in [1.82, 2.24) is 4.98 Å². The van der Waals surface area contributed by atoms with E-state index >= 15 is 0 Å². The summed E-state index contributed by atoms with van der Waals surface area (Å²) >= 11 is 0. The third kappa shape index (κ3) is 2.11. The molecule has 1 aromatic carbocycles. The summed E-state index contributed by atoms with van der Waals surface area (Å²) in [6.45, 7) is 0.259. The number of ether oxygens (including phenoxy) is 1. The molecule has 6 heteroatoms. The van der Waals surface area contributed by atoms with Crippen molar-refractivity contribution in [2.75, 3.05) is 0 Å². The topological polar surface area (TPSA) is 51.0 Å². The zero-order chi connectivity index (χ0) is 11.8. The van der Waals surface area contributed by atoms with Crippen LogP contribution in [0.2, 0.25) is 0 Å². The van der Waals surface area contributed by atoms with Gasteiger partial charge in [0, 0.05) is 23.6 Å². The molecule has 0 saturated heterocycles. The van der Waals surface area contributed by atoms with Crippen molar-refractivity contribution in [3.05, 3.63) is 30.0 Å². The normalized spacial score (nSPS) is 12.0.